The van der Waals surface area contributed by atoms with E-state index in [0.29, 0.717) is 25.9 Å². The summed E-state index contributed by atoms with van der Waals surface area (Å²) >= 11 is 0. The second-order valence-corrected chi connectivity index (χ2v) is 13.7. The van der Waals surface area contributed by atoms with E-state index in [-0.39, 0.29) is 48.3 Å². The Balaban J connectivity index is 1.50. The maximum atomic E-state index is 14.0. The van der Waals surface area contributed by atoms with Crippen molar-refractivity contribution in [1.29, 1.82) is 0 Å². The Labute approximate surface area is 260 Å². The molecular weight excluding hydrogens is 566 g/mol. The average molecular weight is 616 g/mol. The lowest BCUT2D eigenvalue weighted by Crippen LogP contribution is -2.64. The molecule has 2 saturated heterocycles. The van der Waals surface area contributed by atoms with E-state index in [1.165, 1.54) is 17.7 Å². The second-order valence-electron chi connectivity index (χ2n) is 13.7. The quantitative estimate of drug-likeness (QED) is 0.0938. The number of carboxylic acid groups (broad SMARTS) is 1. The number of rotatable bonds is 14. The summed E-state index contributed by atoms with van der Waals surface area (Å²) in [7, 11) is 0. The van der Waals surface area contributed by atoms with Crippen molar-refractivity contribution in [2.45, 2.75) is 110 Å². The maximum Gasteiger partial charge on any atom is 0.330 e. The smallest absolute Gasteiger partial charge is 0.330 e. The molecule has 10 nitrogen and oxygen atoms in total. The molecule has 3 unspecified atom stereocenters. The SMILES string of the molecule is CC[C@H](CCOC(=O)/C=C/C=C\C(=O)O)C(NC(=O)C(C)(C)CC)C(=O)OC[C@]12CCC(C)=C[C@H]1OC1CCC2(C)[C@]12CO2. The molecule has 2 aliphatic carbocycles. The van der Waals surface area contributed by atoms with Gasteiger partial charge in [-0.3, -0.25) is 4.79 Å². The summed E-state index contributed by atoms with van der Waals surface area (Å²) in [6, 6.07) is -0.929. The van der Waals surface area contributed by atoms with Crippen LogP contribution in [0.2, 0.25) is 0 Å². The summed E-state index contributed by atoms with van der Waals surface area (Å²) in [5, 5.41) is 11.6. The Morgan fingerprint density at radius 1 is 1.16 bits per heavy atom. The Kier molecular flexibility index (Phi) is 10.1. The number of esters is 2. The van der Waals surface area contributed by atoms with Gasteiger partial charge in [0, 0.05) is 28.4 Å². The third kappa shape index (κ3) is 6.38. The van der Waals surface area contributed by atoms with Crippen LogP contribution in [-0.4, -0.2) is 72.6 Å². The molecule has 1 saturated carbocycles. The summed E-state index contributed by atoms with van der Waals surface area (Å²) in [5.74, 6) is -2.85. The first kappa shape index (κ1) is 33.9. The molecule has 2 aliphatic heterocycles. The summed E-state index contributed by atoms with van der Waals surface area (Å²) in [4.78, 5) is 50.0. The van der Waals surface area contributed by atoms with Gasteiger partial charge >= 0.3 is 17.9 Å². The molecule has 0 aromatic carbocycles. The van der Waals surface area contributed by atoms with Crippen LogP contribution in [0.3, 0.4) is 0 Å². The minimum absolute atomic E-state index is 0.0182. The van der Waals surface area contributed by atoms with Gasteiger partial charge in [0.2, 0.25) is 5.91 Å². The Morgan fingerprint density at radius 3 is 2.50 bits per heavy atom. The number of carbonyl (C=O) groups excluding carboxylic acids is 3. The van der Waals surface area contributed by atoms with Gasteiger partial charge in [-0.1, -0.05) is 64.8 Å². The van der Waals surface area contributed by atoms with Gasteiger partial charge in [0.1, 0.15) is 18.2 Å². The van der Waals surface area contributed by atoms with E-state index >= 15 is 0 Å². The van der Waals surface area contributed by atoms with Gasteiger partial charge in [-0.2, -0.15) is 0 Å². The molecule has 0 radical (unpaired) electrons. The molecule has 1 spiro atoms. The molecule has 0 aromatic rings. The van der Waals surface area contributed by atoms with Crippen LogP contribution in [-0.2, 0) is 38.1 Å². The molecule has 4 aliphatic rings. The van der Waals surface area contributed by atoms with Gasteiger partial charge in [0.05, 0.1) is 25.4 Å². The van der Waals surface area contributed by atoms with Crippen LogP contribution in [0, 0.1) is 22.2 Å². The second kappa shape index (κ2) is 13.2. The Bertz CT molecular complexity index is 1210. The Hall–Kier alpha value is -2.98. The minimum atomic E-state index is -1.12. The van der Waals surface area contributed by atoms with E-state index in [1.807, 2.05) is 27.7 Å². The van der Waals surface area contributed by atoms with Crippen LogP contribution in [0.4, 0.5) is 0 Å². The number of hydrogen-bond donors (Lipinski definition) is 2. The minimum Gasteiger partial charge on any atom is -0.478 e. The van der Waals surface area contributed by atoms with Crippen molar-refractivity contribution in [2.24, 2.45) is 22.2 Å². The zero-order valence-electron chi connectivity index (χ0n) is 27.0. The molecule has 2 bridgehead atoms. The van der Waals surface area contributed by atoms with E-state index in [2.05, 4.69) is 25.2 Å². The van der Waals surface area contributed by atoms with Crippen LogP contribution in [0.25, 0.3) is 0 Å². The lowest BCUT2D eigenvalue weighted by molar-refractivity contribution is -0.218. The highest BCUT2D eigenvalue weighted by molar-refractivity contribution is 5.88. The van der Waals surface area contributed by atoms with Crippen molar-refractivity contribution in [3.05, 3.63) is 36.0 Å². The molecule has 2 N–H and O–H groups in total. The molecule has 1 amide bonds. The fourth-order valence-electron chi connectivity index (χ4n) is 7.36. The summed E-state index contributed by atoms with van der Waals surface area (Å²) < 4.78 is 24.3. The molecule has 2 heterocycles. The van der Waals surface area contributed by atoms with Crippen molar-refractivity contribution < 1.29 is 43.2 Å². The highest BCUT2D eigenvalue weighted by Crippen LogP contribution is 2.71. The highest BCUT2D eigenvalue weighted by atomic mass is 16.6. The number of epoxide rings is 1. The first-order valence-electron chi connectivity index (χ1n) is 15.9. The zero-order valence-corrected chi connectivity index (χ0v) is 27.0. The van der Waals surface area contributed by atoms with Crippen LogP contribution >= 0.6 is 0 Å². The van der Waals surface area contributed by atoms with Gasteiger partial charge in [-0.15, -0.1) is 0 Å². The van der Waals surface area contributed by atoms with E-state index in [9.17, 15) is 19.2 Å². The zero-order chi connectivity index (χ0) is 32.3. The third-order valence-electron chi connectivity index (χ3n) is 11.0. The third-order valence-corrected chi connectivity index (χ3v) is 11.0. The van der Waals surface area contributed by atoms with E-state index in [4.69, 9.17) is 24.1 Å². The number of nitrogens with one attached hydrogen (secondary N) is 1. The first-order chi connectivity index (χ1) is 20.7. The van der Waals surface area contributed by atoms with E-state index in [0.717, 1.165) is 37.8 Å². The first-order valence-corrected chi connectivity index (χ1v) is 15.9. The molecule has 4 rings (SSSR count). The number of carbonyl (C=O) groups is 4. The van der Waals surface area contributed by atoms with Gasteiger partial charge < -0.3 is 29.4 Å². The maximum absolute atomic E-state index is 14.0. The number of fused-ring (bicyclic) bond motifs is 2. The molecule has 44 heavy (non-hydrogen) atoms. The predicted octanol–water partition coefficient (Wildman–Crippen LogP) is 4.67. The van der Waals surface area contributed by atoms with E-state index in [1.54, 1.807) is 0 Å². The summed E-state index contributed by atoms with van der Waals surface area (Å²) in [6.07, 6.45) is 11.6. The van der Waals surface area contributed by atoms with E-state index < -0.39 is 34.8 Å². The van der Waals surface area contributed by atoms with Gasteiger partial charge in [-0.05, 0) is 51.4 Å². The standard InChI is InChI=1S/C34H49NO9/c1-7-23(15-18-41-27(38)12-10-9-11-26(36)37)28(35-30(40)31(4,5)8-2)29(39)42-20-33-17-13-22(3)19-25(33)44-24-14-16-32(33,6)34(24)21-43-34/h9-12,19,23-25,28H,7-8,13-18,20-21H2,1-6H3,(H,35,40)(H,36,37)/b11-9-,12-10+/t23-,24?,25-,28?,32?,33-,34+/m1/s1. The van der Waals surface area contributed by atoms with Gasteiger partial charge in [0.15, 0.2) is 0 Å². The fraction of sp³-hybridized carbons (Fsp3) is 0.706. The number of carboxylic acids is 1. The molecule has 244 valence electrons. The number of amides is 1. The van der Waals surface area contributed by atoms with Gasteiger partial charge in [0.25, 0.3) is 0 Å². The largest absolute Gasteiger partial charge is 0.478 e. The molecular formula is C34H49NO9. The topological polar surface area (TPSA) is 141 Å². The molecule has 3 fully saturated rings. The van der Waals surface area contributed by atoms with Crippen molar-refractivity contribution >= 4 is 23.8 Å². The van der Waals surface area contributed by atoms with Crippen molar-refractivity contribution in [1.82, 2.24) is 5.32 Å². The van der Waals surface area contributed by atoms with Crippen LogP contribution in [0.5, 0.6) is 0 Å². The van der Waals surface area contributed by atoms with Crippen LogP contribution < -0.4 is 5.32 Å². The summed E-state index contributed by atoms with van der Waals surface area (Å²) in [6.45, 7) is 12.8. The Morgan fingerprint density at radius 2 is 1.86 bits per heavy atom. The number of aliphatic carboxylic acids is 1. The monoisotopic (exact) mass is 615 g/mol. The fourth-order valence-corrected chi connectivity index (χ4v) is 7.36. The molecule has 0 aromatic heterocycles. The van der Waals surface area contributed by atoms with Crippen LogP contribution in [0.1, 0.15) is 86.5 Å². The number of hydrogen-bond acceptors (Lipinski definition) is 8. The lowest BCUT2D eigenvalue weighted by atomic mass is 9.52. The van der Waals surface area contributed by atoms with Crippen LogP contribution in [0.15, 0.2) is 36.0 Å². The normalized spacial score (nSPS) is 32.2. The molecule has 7 atom stereocenters. The van der Waals surface area contributed by atoms with Gasteiger partial charge in [-0.25, -0.2) is 14.4 Å². The molecule has 10 heteroatoms. The predicted molar refractivity (Wildman–Crippen MR) is 162 cm³/mol. The lowest BCUT2D eigenvalue weighted by Gasteiger charge is -2.57. The number of allylic oxidation sites excluding steroid dienone is 3. The van der Waals surface area contributed by atoms with Crippen molar-refractivity contribution in [2.75, 3.05) is 19.8 Å². The highest BCUT2D eigenvalue weighted by Gasteiger charge is 2.78. The average Bonchev–Trinajstić information content (AvgIpc) is 3.76. The van der Waals surface area contributed by atoms with Crippen molar-refractivity contribution in [3.63, 3.8) is 0 Å². The summed E-state index contributed by atoms with van der Waals surface area (Å²) in [5.41, 5.74) is -0.401. The number of ether oxygens (including phenoxy) is 4. The van der Waals surface area contributed by atoms with Crippen molar-refractivity contribution in [3.8, 4) is 0 Å².